The molecule has 0 saturated carbocycles. The molecule has 0 fully saturated rings. The number of rotatable bonds is 6. The molecule has 9 rings (SSSR count). The highest BCUT2D eigenvalue weighted by atomic mass is 16.3. The van der Waals surface area contributed by atoms with Crippen molar-refractivity contribution >= 4 is 21.5 Å². The lowest BCUT2D eigenvalue weighted by Gasteiger charge is -2.19. The topological polar surface area (TPSA) is 77.8 Å². The molecular formula is C42H26N4O2. The van der Waals surface area contributed by atoms with Crippen LogP contribution in [0.1, 0.15) is 0 Å². The molecule has 6 heteroatoms. The molecule has 5 aromatic carbocycles. The molecule has 0 aliphatic heterocycles. The number of benzene rings is 5. The predicted octanol–water partition coefficient (Wildman–Crippen LogP) is 10.8. The molecule has 226 valence electrons. The summed E-state index contributed by atoms with van der Waals surface area (Å²) in [7, 11) is 0. The molecule has 48 heavy (non-hydrogen) atoms. The lowest BCUT2D eigenvalue weighted by Crippen LogP contribution is -1.93. The Morgan fingerprint density at radius 1 is 0.333 bits per heavy atom. The third-order valence-electron chi connectivity index (χ3n) is 8.82. The van der Waals surface area contributed by atoms with Gasteiger partial charge in [0.1, 0.15) is 23.9 Å². The Balaban J connectivity index is 1.28. The number of pyridine rings is 2. The summed E-state index contributed by atoms with van der Waals surface area (Å²) in [5.41, 5.74) is 11.9. The zero-order chi connectivity index (χ0) is 31.9. The maximum Gasteiger partial charge on any atom is 0.181 e. The molecule has 0 N–H and O–H groups in total. The minimum atomic E-state index is 0.703. The molecule has 4 aromatic heterocycles. The summed E-state index contributed by atoms with van der Waals surface area (Å²) < 4.78 is 10.4. The van der Waals surface area contributed by atoms with Crippen LogP contribution in [0.3, 0.4) is 0 Å². The third kappa shape index (κ3) is 4.84. The van der Waals surface area contributed by atoms with E-state index < -0.39 is 0 Å². The van der Waals surface area contributed by atoms with E-state index in [4.69, 9.17) is 18.8 Å². The van der Waals surface area contributed by atoms with Gasteiger partial charge in [-0.1, -0.05) is 97.1 Å². The minimum absolute atomic E-state index is 0.703. The number of oxazole rings is 2. The Morgan fingerprint density at radius 3 is 1.40 bits per heavy atom. The molecule has 0 spiro atoms. The van der Waals surface area contributed by atoms with E-state index in [1.165, 1.54) is 23.9 Å². The van der Waals surface area contributed by atoms with E-state index in [1.54, 1.807) is 12.5 Å². The molecule has 6 nitrogen and oxygen atoms in total. The number of hydrogen-bond acceptors (Lipinski definition) is 6. The molecule has 0 atom stereocenters. The summed E-state index contributed by atoms with van der Waals surface area (Å²) in [5.74, 6) is 0. The number of fused-ring (bicyclic) bond motifs is 2. The smallest absolute Gasteiger partial charge is 0.181 e. The molecule has 0 saturated heterocycles. The second-order valence-electron chi connectivity index (χ2n) is 11.6. The first kappa shape index (κ1) is 27.6. The van der Waals surface area contributed by atoms with Crippen LogP contribution in [0.4, 0.5) is 0 Å². The fraction of sp³-hybridized carbons (Fsp3) is 0. The molecule has 0 aliphatic carbocycles. The van der Waals surface area contributed by atoms with Gasteiger partial charge < -0.3 is 8.83 Å². The van der Waals surface area contributed by atoms with Crippen molar-refractivity contribution in [3.05, 3.63) is 159 Å². The normalized spacial score (nSPS) is 11.3. The van der Waals surface area contributed by atoms with Gasteiger partial charge in [-0.3, -0.25) is 9.97 Å². The molecule has 0 aliphatic rings. The van der Waals surface area contributed by atoms with Gasteiger partial charge in [0, 0.05) is 23.5 Å². The highest BCUT2D eigenvalue weighted by Gasteiger charge is 2.19. The van der Waals surface area contributed by atoms with E-state index in [2.05, 4.69) is 113 Å². The van der Waals surface area contributed by atoms with Crippen LogP contribution < -0.4 is 0 Å². The van der Waals surface area contributed by atoms with Crippen molar-refractivity contribution in [2.75, 3.05) is 0 Å². The fourth-order valence-corrected chi connectivity index (χ4v) is 6.55. The van der Waals surface area contributed by atoms with Gasteiger partial charge in [0.05, 0.1) is 11.4 Å². The Bertz CT molecular complexity index is 2520. The summed E-state index contributed by atoms with van der Waals surface area (Å²) in [5, 5.41) is 4.52. The standard InChI is InChI=1S/C42H26N4O2/c1-2-7-27(8-3-1)28-9-6-10-29(19-28)30-13-16-35-36(20-30)42(32-15-18-38(44-22-32)40-24-48-26-46-40)34-12-5-4-11-33(34)41(35)31-14-17-37(43-21-31)39-23-47-25-45-39/h1-26H. The van der Waals surface area contributed by atoms with Crippen molar-refractivity contribution in [2.45, 2.75) is 0 Å². The molecule has 0 unspecified atom stereocenters. The average Bonchev–Trinajstić information content (AvgIpc) is 3.91. The van der Waals surface area contributed by atoms with Crippen molar-refractivity contribution in [2.24, 2.45) is 0 Å². The first-order valence-corrected chi connectivity index (χ1v) is 15.6. The van der Waals surface area contributed by atoms with Crippen molar-refractivity contribution in [1.82, 2.24) is 19.9 Å². The molecule has 0 amide bonds. The number of aromatic nitrogens is 4. The lowest BCUT2D eigenvalue weighted by molar-refractivity contribution is 0.558. The van der Waals surface area contributed by atoms with Crippen LogP contribution >= 0.6 is 0 Å². The van der Waals surface area contributed by atoms with Crippen LogP contribution in [-0.4, -0.2) is 19.9 Å². The monoisotopic (exact) mass is 618 g/mol. The van der Waals surface area contributed by atoms with E-state index in [-0.39, 0.29) is 0 Å². The van der Waals surface area contributed by atoms with Gasteiger partial charge in [-0.05, 0) is 79.2 Å². The number of hydrogen-bond donors (Lipinski definition) is 0. The summed E-state index contributed by atoms with van der Waals surface area (Å²) in [6.45, 7) is 0. The van der Waals surface area contributed by atoms with E-state index in [0.29, 0.717) is 11.4 Å². The zero-order valence-corrected chi connectivity index (χ0v) is 25.6. The van der Waals surface area contributed by atoms with E-state index in [0.717, 1.165) is 66.3 Å². The Kier molecular flexibility index (Phi) is 6.68. The molecule has 0 radical (unpaired) electrons. The summed E-state index contributed by atoms with van der Waals surface area (Å²) in [4.78, 5) is 18.2. The van der Waals surface area contributed by atoms with Gasteiger partial charge in [0.25, 0.3) is 0 Å². The molecule has 0 bridgehead atoms. The predicted molar refractivity (Wildman–Crippen MR) is 190 cm³/mol. The van der Waals surface area contributed by atoms with Gasteiger partial charge in [0.15, 0.2) is 12.8 Å². The van der Waals surface area contributed by atoms with Crippen molar-refractivity contribution < 1.29 is 8.83 Å². The highest BCUT2D eigenvalue weighted by molar-refractivity contribution is 6.21. The van der Waals surface area contributed by atoms with Crippen LogP contribution in [0.5, 0.6) is 0 Å². The van der Waals surface area contributed by atoms with Gasteiger partial charge in [-0.25, -0.2) is 9.97 Å². The SMILES string of the molecule is c1ccc(-c2cccc(-c3ccc4c(-c5ccc(-c6cocn6)nc5)c5ccccc5c(-c5ccc(-c6cocn6)nc5)c4c3)c2)cc1. The minimum Gasteiger partial charge on any atom is -0.451 e. The average molecular weight is 619 g/mol. The first-order chi connectivity index (χ1) is 23.8. The Morgan fingerprint density at radius 2 is 0.833 bits per heavy atom. The largest absolute Gasteiger partial charge is 0.451 e. The number of nitrogens with zero attached hydrogens (tertiary/aromatic N) is 4. The Labute approximate surface area is 276 Å². The highest BCUT2D eigenvalue weighted by Crippen LogP contribution is 2.45. The summed E-state index contributed by atoms with van der Waals surface area (Å²) >= 11 is 0. The van der Waals surface area contributed by atoms with Crippen LogP contribution in [0.15, 0.2) is 168 Å². The fourth-order valence-electron chi connectivity index (χ4n) is 6.55. The van der Waals surface area contributed by atoms with Crippen LogP contribution in [0, 0.1) is 0 Å². The second kappa shape index (κ2) is 11.6. The van der Waals surface area contributed by atoms with Crippen molar-refractivity contribution in [3.63, 3.8) is 0 Å². The summed E-state index contributed by atoms with van der Waals surface area (Å²) in [6.07, 6.45) is 9.92. The van der Waals surface area contributed by atoms with Gasteiger partial charge in [-0.15, -0.1) is 0 Å². The van der Waals surface area contributed by atoms with Gasteiger partial charge in [-0.2, -0.15) is 0 Å². The van der Waals surface area contributed by atoms with Crippen molar-refractivity contribution in [3.8, 4) is 67.3 Å². The quantitative estimate of drug-likeness (QED) is 0.173. The zero-order valence-electron chi connectivity index (χ0n) is 25.6. The maximum atomic E-state index is 5.21. The van der Waals surface area contributed by atoms with E-state index >= 15 is 0 Å². The van der Waals surface area contributed by atoms with Crippen molar-refractivity contribution in [1.29, 1.82) is 0 Å². The summed E-state index contributed by atoms with van der Waals surface area (Å²) in [6, 6.07) is 42.8. The first-order valence-electron chi connectivity index (χ1n) is 15.6. The van der Waals surface area contributed by atoms with Gasteiger partial charge in [0.2, 0.25) is 0 Å². The van der Waals surface area contributed by atoms with Gasteiger partial charge >= 0.3 is 0 Å². The lowest BCUT2D eigenvalue weighted by atomic mass is 9.85. The Hall–Kier alpha value is -6.66. The second-order valence-corrected chi connectivity index (χ2v) is 11.6. The van der Waals surface area contributed by atoms with E-state index in [1.807, 2.05) is 30.6 Å². The van der Waals surface area contributed by atoms with Crippen LogP contribution in [0.25, 0.3) is 88.8 Å². The maximum absolute atomic E-state index is 5.21. The third-order valence-corrected chi connectivity index (χ3v) is 8.82. The molecule has 9 aromatic rings. The molecule has 4 heterocycles. The van der Waals surface area contributed by atoms with Crippen LogP contribution in [-0.2, 0) is 0 Å². The van der Waals surface area contributed by atoms with E-state index in [9.17, 15) is 0 Å². The molecular weight excluding hydrogens is 592 g/mol. The van der Waals surface area contributed by atoms with Crippen LogP contribution in [0.2, 0.25) is 0 Å².